The van der Waals surface area contributed by atoms with Crippen LogP contribution in [-0.4, -0.2) is 18.9 Å². The van der Waals surface area contributed by atoms with Gasteiger partial charge < -0.3 is 4.74 Å². The summed E-state index contributed by atoms with van der Waals surface area (Å²) < 4.78 is 4.58. The SMILES string of the molecule is COC(=O)c1ccc(C(=O)C(C)(C)C)cc1. The quantitative estimate of drug-likeness (QED) is 0.568. The lowest BCUT2D eigenvalue weighted by Crippen LogP contribution is -2.20. The smallest absolute Gasteiger partial charge is 0.337 e. The second-order valence-corrected chi connectivity index (χ2v) is 4.65. The molecule has 0 radical (unpaired) electrons. The summed E-state index contributed by atoms with van der Waals surface area (Å²) >= 11 is 0. The molecule has 0 spiro atoms. The van der Waals surface area contributed by atoms with Gasteiger partial charge in [0.15, 0.2) is 5.78 Å². The van der Waals surface area contributed by atoms with Crippen LogP contribution in [0.3, 0.4) is 0 Å². The van der Waals surface area contributed by atoms with Crippen molar-refractivity contribution in [1.29, 1.82) is 0 Å². The Morgan fingerprint density at radius 2 is 1.44 bits per heavy atom. The number of Topliss-reactive ketones (excluding diaryl/α,β-unsaturated/α-hetero) is 1. The van der Waals surface area contributed by atoms with E-state index in [9.17, 15) is 9.59 Å². The summed E-state index contributed by atoms with van der Waals surface area (Å²) in [6, 6.07) is 6.51. The second-order valence-electron chi connectivity index (χ2n) is 4.65. The minimum absolute atomic E-state index is 0.0592. The number of ketones is 1. The number of ether oxygens (including phenoxy) is 1. The monoisotopic (exact) mass is 220 g/mol. The molecule has 86 valence electrons. The third kappa shape index (κ3) is 2.69. The van der Waals surface area contributed by atoms with E-state index in [1.807, 2.05) is 20.8 Å². The molecule has 0 unspecified atom stereocenters. The first-order chi connectivity index (χ1) is 7.36. The average Bonchev–Trinajstić information content (AvgIpc) is 2.26. The van der Waals surface area contributed by atoms with Crippen LogP contribution in [0.2, 0.25) is 0 Å². The Morgan fingerprint density at radius 1 is 1.00 bits per heavy atom. The Hall–Kier alpha value is -1.64. The standard InChI is InChI=1S/C13H16O3/c1-13(2,3)11(14)9-5-7-10(8-6-9)12(15)16-4/h5-8H,1-4H3. The Labute approximate surface area is 95.4 Å². The molecule has 0 saturated carbocycles. The predicted octanol–water partition coefficient (Wildman–Crippen LogP) is 2.70. The maximum atomic E-state index is 11.9. The first-order valence-electron chi connectivity index (χ1n) is 5.09. The van der Waals surface area contributed by atoms with Gasteiger partial charge in [-0.05, 0) is 12.1 Å². The van der Waals surface area contributed by atoms with Gasteiger partial charge in [0.1, 0.15) is 0 Å². The van der Waals surface area contributed by atoms with Crippen molar-refractivity contribution in [2.45, 2.75) is 20.8 Å². The third-order valence-electron chi connectivity index (χ3n) is 2.25. The Balaban J connectivity index is 2.96. The highest BCUT2D eigenvalue weighted by atomic mass is 16.5. The van der Waals surface area contributed by atoms with Crippen LogP contribution < -0.4 is 0 Å². The molecule has 16 heavy (non-hydrogen) atoms. The molecule has 3 nitrogen and oxygen atoms in total. The van der Waals surface area contributed by atoms with Gasteiger partial charge in [0.25, 0.3) is 0 Å². The lowest BCUT2D eigenvalue weighted by atomic mass is 9.86. The van der Waals surface area contributed by atoms with Crippen LogP contribution in [0.15, 0.2) is 24.3 Å². The molecule has 0 atom stereocenters. The fourth-order valence-electron chi connectivity index (χ4n) is 1.31. The lowest BCUT2D eigenvalue weighted by Gasteiger charge is -2.16. The Bertz CT molecular complexity index is 396. The molecule has 0 aliphatic heterocycles. The fraction of sp³-hybridized carbons (Fsp3) is 0.385. The van der Waals surface area contributed by atoms with E-state index in [2.05, 4.69) is 4.74 Å². The number of methoxy groups -OCH3 is 1. The molecule has 0 saturated heterocycles. The van der Waals surface area contributed by atoms with Crippen molar-refractivity contribution < 1.29 is 14.3 Å². The van der Waals surface area contributed by atoms with E-state index in [1.165, 1.54) is 7.11 Å². The normalized spacial score (nSPS) is 11.0. The summed E-state index contributed by atoms with van der Waals surface area (Å²) in [5, 5.41) is 0. The van der Waals surface area contributed by atoms with Crippen LogP contribution in [0, 0.1) is 5.41 Å². The highest BCUT2D eigenvalue weighted by molar-refractivity contribution is 6.00. The van der Waals surface area contributed by atoms with E-state index in [-0.39, 0.29) is 5.78 Å². The molecule has 1 rings (SSSR count). The number of esters is 1. The van der Waals surface area contributed by atoms with Crippen molar-refractivity contribution in [1.82, 2.24) is 0 Å². The van der Waals surface area contributed by atoms with E-state index < -0.39 is 11.4 Å². The zero-order valence-corrected chi connectivity index (χ0v) is 10.0. The van der Waals surface area contributed by atoms with Gasteiger partial charge in [-0.25, -0.2) is 4.79 Å². The van der Waals surface area contributed by atoms with Crippen molar-refractivity contribution >= 4 is 11.8 Å². The van der Waals surface area contributed by atoms with Crippen molar-refractivity contribution in [2.75, 3.05) is 7.11 Å². The second kappa shape index (κ2) is 4.47. The minimum Gasteiger partial charge on any atom is -0.465 e. The van der Waals surface area contributed by atoms with Crippen LogP contribution in [0.1, 0.15) is 41.5 Å². The van der Waals surface area contributed by atoms with Gasteiger partial charge in [-0.3, -0.25) is 4.79 Å². The molecule has 0 heterocycles. The summed E-state index contributed by atoms with van der Waals surface area (Å²) in [6.45, 7) is 5.59. The van der Waals surface area contributed by atoms with Crippen molar-refractivity contribution in [3.63, 3.8) is 0 Å². The molecule has 3 heteroatoms. The molecular formula is C13H16O3. The predicted molar refractivity (Wildman–Crippen MR) is 61.6 cm³/mol. The number of rotatable bonds is 2. The largest absolute Gasteiger partial charge is 0.465 e. The van der Waals surface area contributed by atoms with Gasteiger partial charge in [-0.15, -0.1) is 0 Å². The molecule has 1 aromatic rings. The number of benzene rings is 1. The number of carbonyl (C=O) groups is 2. The molecule has 0 aromatic heterocycles. The molecule has 0 bridgehead atoms. The molecule has 0 aliphatic carbocycles. The van der Waals surface area contributed by atoms with Crippen LogP contribution in [-0.2, 0) is 4.74 Å². The van der Waals surface area contributed by atoms with Crippen LogP contribution in [0.25, 0.3) is 0 Å². The van der Waals surface area contributed by atoms with E-state index in [1.54, 1.807) is 24.3 Å². The molecule has 0 aliphatic rings. The van der Waals surface area contributed by atoms with E-state index in [0.29, 0.717) is 11.1 Å². The highest BCUT2D eigenvalue weighted by Gasteiger charge is 2.22. The van der Waals surface area contributed by atoms with Crippen LogP contribution in [0.5, 0.6) is 0 Å². The number of carbonyl (C=O) groups excluding carboxylic acids is 2. The fourth-order valence-corrected chi connectivity index (χ4v) is 1.31. The molecular weight excluding hydrogens is 204 g/mol. The Morgan fingerprint density at radius 3 is 1.81 bits per heavy atom. The lowest BCUT2D eigenvalue weighted by molar-refractivity contribution is 0.0600. The minimum atomic E-state index is -0.410. The van der Waals surface area contributed by atoms with Crippen molar-refractivity contribution in [2.24, 2.45) is 5.41 Å². The zero-order chi connectivity index (χ0) is 12.3. The van der Waals surface area contributed by atoms with Gasteiger partial charge >= 0.3 is 5.97 Å². The summed E-state index contributed by atoms with van der Waals surface area (Å²) in [6.07, 6.45) is 0. The van der Waals surface area contributed by atoms with Gasteiger partial charge in [0.05, 0.1) is 12.7 Å². The highest BCUT2D eigenvalue weighted by Crippen LogP contribution is 2.20. The molecule has 0 amide bonds. The number of hydrogen-bond acceptors (Lipinski definition) is 3. The topological polar surface area (TPSA) is 43.4 Å². The Kier molecular flexibility index (Phi) is 3.48. The zero-order valence-electron chi connectivity index (χ0n) is 10.0. The summed E-state index contributed by atoms with van der Waals surface area (Å²) in [4.78, 5) is 23.1. The maximum absolute atomic E-state index is 11.9. The van der Waals surface area contributed by atoms with E-state index in [4.69, 9.17) is 0 Å². The first-order valence-corrected chi connectivity index (χ1v) is 5.09. The van der Waals surface area contributed by atoms with Crippen LogP contribution >= 0.6 is 0 Å². The third-order valence-corrected chi connectivity index (χ3v) is 2.25. The maximum Gasteiger partial charge on any atom is 0.337 e. The number of hydrogen-bond donors (Lipinski definition) is 0. The van der Waals surface area contributed by atoms with Gasteiger partial charge in [-0.2, -0.15) is 0 Å². The van der Waals surface area contributed by atoms with Crippen LogP contribution in [0.4, 0.5) is 0 Å². The molecule has 1 aromatic carbocycles. The van der Waals surface area contributed by atoms with Crippen molar-refractivity contribution in [3.05, 3.63) is 35.4 Å². The van der Waals surface area contributed by atoms with Gasteiger partial charge in [0, 0.05) is 11.0 Å². The van der Waals surface area contributed by atoms with E-state index >= 15 is 0 Å². The summed E-state index contributed by atoms with van der Waals surface area (Å²) in [5.41, 5.74) is 0.653. The average molecular weight is 220 g/mol. The summed E-state index contributed by atoms with van der Waals surface area (Å²) in [5.74, 6) is -0.335. The van der Waals surface area contributed by atoms with Gasteiger partial charge in [-0.1, -0.05) is 32.9 Å². The molecule has 0 N–H and O–H groups in total. The summed E-state index contributed by atoms with van der Waals surface area (Å²) in [7, 11) is 1.33. The van der Waals surface area contributed by atoms with Crippen molar-refractivity contribution in [3.8, 4) is 0 Å². The first kappa shape index (κ1) is 12.4. The molecule has 0 fully saturated rings. The van der Waals surface area contributed by atoms with Gasteiger partial charge in [0.2, 0.25) is 0 Å². The van der Waals surface area contributed by atoms with E-state index in [0.717, 1.165) is 0 Å².